The first-order valence-electron chi connectivity index (χ1n) is 11.0. The molecule has 0 saturated carbocycles. The fourth-order valence-electron chi connectivity index (χ4n) is 3.30. The molecule has 3 rings (SSSR count). The third-order valence-electron chi connectivity index (χ3n) is 5.03. The molecule has 0 unspecified atom stereocenters. The van der Waals surface area contributed by atoms with Crippen molar-refractivity contribution in [3.8, 4) is 11.5 Å². The first kappa shape index (κ1) is 24.3. The monoisotopic (exact) mass is 467 g/mol. The van der Waals surface area contributed by atoms with Crippen LogP contribution in [0.2, 0.25) is 0 Å². The third-order valence-corrected chi connectivity index (χ3v) is 6.79. The zero-order chi connectivity index (χ0) is 23.7. The molecule has 1 amide bonds. The van der Waals surface area contributed by atoms with Crippen LogP contribution in [-0.4, -0.2) is 27.5 Å². The number of ether oxygens (including phenoxy) is 2. The van der Waals surface area contributed by atoms with E-state index in [-0.39, 0.29) is 17.0 Å². The average molecular weight is 468 g/mol. The average Bonchev–Trinajstić information content (AvgIpc) is 2.84. The molecule has 174 valence electrons. The number of carbonyl (C=O) groups is 1. The van der Waals surface area contributed by atoms with Gasteiger partial charge in [0.2, 0.25) is 5.91 Å². The maximum atomic E-state index is 13.3. The minimum absolute atomic E-state index is 0.0202. The van der Waals surface area contributed by atoms with Crippen molar-refractivity contribution >= 4 is 21.6 Å². The van der Waals surface area contributed by atoms with Gasteiger partial charge in [-0.1, -0.05) is 37.3 Å². The van der Waals surface area contributed by atoms with E-state index in [0.29, 0.717) is 25.4 Å². The van der Waals surface area contributed by atoms with Crippen molar-refractivity contribution < 1.29 is 22.7 Å². The Kier molecular flexibility index (Phi) is 8.49. The standard InChI is InChI=1S/C26H29NO5S/c1-3-21-12-16-24(17-13-21)32-20-8-11-26(28)27(22-14-18-23(19-15-22)31-4-2)33(29,30)25-9-6-5-7-10-25/h5-7,9-10,12-19H,3-4,8,11,20H2,1-2H3. The van der Waals surface area contributed by atoms with Crippen molar-refractivity contribution in [3.05, 3.63) is 84.4 Å². The van der Waals surface area contributed by atoms with E-state index in [1.807, 2.05) is 31.2 Å². The second kappa shape index (κ2) is 11.5. The van der Waals surface area contributed by atoms with Crippen LogP contribution >= 0.6 is 0 Å². The Morgan fingerprint density at radius 3 is 2.03 bits per heavy atom. The predicted octanol–water partition coefficient (Wildman–Crippen LogP) is 5.23. The van der Waals surface area contributed by atoms with E-state index >= 15 is 0 Å². The van der Waals surface area contributed by atoms with Crippen LogP contribution in [0.4, 0.5) is 5.69 Å². The van der Waals surface area contributed by atoms with Gasteiger partial charge in [0, 0.05) is 6.42 Å². The van der Waals surface area contributed by atoms with Gasteiger partial charge in [0.05, 0.1) is 23.8 Å². The van der Waals surface area contributed by atoms with Gasteiger partial charge < -0.3 is 9.47 Å². The van der Waals surface area contributed by atoms with Gasteiger partial charge in [-0.05, 0) is 73.9 Å². The number of aryl methyl sites for hydroxylation is 1. The summed E-state index contributed by atoms with van der Waals surface area (Å²) < 4.78 is 38.7. The summed E-state index contributed by atoms with van der Waals surface area (Å²) in [5, 5.41) is 0. The molecule has 0 atom stereocenters. The number of anilines is 1. The molecule has 0 heterocycles. The van der Waals surface area contributed by atoms with Crippen LogP contribution in [0, 0.1) is 0 Å². The molecule has 0 fully saturated rings. The largest absolute Gasteiger partial charge is 0.494 e. The lowest BCUT2D eigenvalue weighted by molar-refractivity contribution is -0.117. The quantitative estimate of drug-likeness (QED) is 0.361. The second-order valence-corrected chi connectivity index (χ2v) is 9.14. The van der Waals surface area contributed by atoms with E-state index in [1.54, 1.807) is 42.5 Å². The molecule has 33 heavy (non-hydrogen) atoms. The summed E-state index contributed by atoms with van der Waals surface area (Å²) >= 11 is 0. The molecule has 0 spiro atoms. The highest BCUT2D eigenvalue weighted by Crippen LogP contribution is 2.27. The van der Waals surface area contributed by atoms with Crippen molar-refractivity contribution in [3.63, 3.8) is 0 Å². The Hall–Kier alpha value is -3.32. The summed E-state index contributed by atoms with van der Waals surface area (Å²) in [7, 11) is -4.07. The Morgan fingerprint density at radius 1 is 0.818 bits per heavy atom. The highest BCUT2D eigenvalue weighted by Gasteiger charge is 2.30. The normalized spacial score (nSPS) is 11.1. The van der Waals surface area contributed by atoms with Gasteiger partial charge in [-0.2, -0.15) is 0 Å². The molecular weight excluding hydrogens is 438 g/mol. The molecule has 0 saturated heterocycles. The second-order valence-electron chi connectivity index (χ2n) is 7.35. The number of nitrogens with zero attached hydrogens (tertiary/aromatic N) is 1. The van der Waals surface area contributed by atoms with Crippen LogP contribution in [0.1, 0.15) is 32.3 Å². The fourth-order valence-corrected chi connectivity index (χ4v) is 4.77. The maximum Gasteiger partial charge on any atom is 0.270 e. The van der Waals surface area contributed by atoms with E-state index in [4.69, 9.17) is 9.47 Å². The van der Waals surface area contributed by atoms with Gasteiger partial charge in [0.1, 0.15) is 11.5 Å². The van der Waals surface area contributed by atoms with Gasteiger partial charge in [-0.3, -0.25) is 4.79 Å². The zero-order valence-electron chi connectivity index (χ0n) is 18.9. The Bertz CT molecular complexity index is 1130. The molecule has 7 heteroatoms. The van der Waals surface area contributed by atoms with Crippen molar-refractivity contribution in [2.24, 2.45) is 0 Å². The number of sulfonamides is 1. The number of hydrogen-bond acceptors (Lipinski definition) is 5. The summed E-state index contributed by atoms with van der Waals surface area (Å²) in [5.74, 6) is 0.807. The SMILES string of the molecule is CCOc1ccc(N(C(=O)CCCOc2ccc(CC)cc2)S(=O)(=O)c2ccccc2)cc1. The van der Waals surface area contributed by atoms with E-state index in [1.165, 1.54) is 17.7 Å². The van der Waals surface area contributed by atoms with Crippen LogP contribution in [0.5, 0.6) is 11.5 Å². The van der Waals surface area contributed by atoms with Crippen molar-refractivity contribution in [2.75, 3.05) is 17.5 Å². The van der Waals surface area contributed by atoms with Gasteiger partial charge in [0.15, 0.2) is 0 Å². The highest BCUT2D eigenvalue weighted by atomic mass is 32.2. The van der Waals surface area contributed by atoms with Crippen molar-refractivity contribution in [1.29, 1.82) is 0 Å². The molecule has 0 N–H and O–H groups in total. The summed E-state index contributed by atoms with van der Waals surface area (Å²) in [6, 6.07) is 22.2. The molecule has 3 aromatic rings. The first-order chi connectivity index (χ1) is 16.0. The highest BCUT2D eigenvalue weighted by molar-refractivity contribution is 7.93. The zero-order valence-corrected chi connectivity index (χ0v) is 19.8. The summed E-state index contributed by atoms with van der Waals surface area (Å²) in [5.41, 5.74) is 1.48. The number of amides is 1. The summed E-state index contributed by atoms with van der Waals surface area (Å²) in [4.78, 5) is 13.2. The van der Waals surface area contributed by atoms with Gasteiger partial charge in [0.25, 0.3) is 10.0 Å². The third kappa shape index (κ3) is 6.35. The molecule has 0 aliphatic rings. The Labute approximate surface area is 195 Å². The molecule has 3 aromatic carbocycles. The number of benzene rings is 3. The summed E-state index contributed by atoms with van der Waals surface area (Å²) in [6.07, 6.45) is 1.35. The minimum Gasteiger partial charge on any atom is -0.494 e. The van der Waals surface area contributed by atoms with Crippen LogP contribution in [0.25, 0.3) is 0 Å². The van der Waals surface area contributed by atoms with E-state index in [9.17, 15) is 13.2 Å². The molecule has 0 radical (unpaired) electrons. The number of carbonyl (C=O) groups excluding carboxylic acids is 1. The van der Waals surface area contributed by atoms with Crippen LogP contribution in [0.15, 0.2) is 83.8 Å². The minimum atomic E-state index is -4.07. The van der Waals surface area contributed by atoms with Gasteiger partial charge >= 0.3 is 0 Å². The van der Waals surface area contributed by atoms with Crippen molar-refractivity contribution in [1.82, 2.24) is 0 Å². The topological polar surface area (TPSA) is 72.9 Å². The smallest absolute Gasteiger partial charge is 0.270 e. The predicted molar refractivity (Wildman–Crippen MR) is 129 cm³/mol. The van der Waals surface area contributed by atoms with Gasteiger partial charge in [-0.25, -0.2) is 12.7 Å². The number of rotatable bonds is 11. The fraction of sp³-hybridized carbons (Fsp3) is 0.269. The first-order valence-corrected chi connectivity index (χ1v) is 12.5. The van der Waals surface area contributed by atoms with E-state index < -0.39 is 15.9 Å². The van der Waals surface area contributed by atoms with Crippen LogP contribution in [0.3, 0.4) is 0 Å². The summed E-state index contributed by atoms with van der Waals surface area (Å²) in [6.45, 7) is 4.75. The van der Waals surface area contributed by atoms with E-state index in [2.05, 4.69) is 6.92 Å². The molecule has 6 nitrogen and oxygen atoms in total. The Morgan fingerprint density at radius 2 is 1.42 bits per heavy atom. The van der Waals surface area contributed by atoms with Crippen LogP contribution < -0.4 is 13.8 Å². The molecular formula is C26H29NO5S. The Balaban J connectivity index is 1.74. The lowest BCUT2D eigenvalue weighted by atomic mass is 10.2. The maximum absolute atomic E-state index is 13.3. The van der Waals surface area contributed by atoms with Gasteiger partial charge in [-0.15, -0.1) is 0 Å². The van der Waals surface area contributed by atoms with E-state index in [0.717, 1.165) is 16.5 Å². The molecule has 0 aliphatic heterocycles. The molecule has 0 aromatic heterocycles. The van der Waals surface area contributed by atoms with Crippen molar-refractivity contribution in [2.45, 2.75) is 38.0 Å². The lowest BCUT2D eigenvalue weighted by Gasteiger charge is -2.23. The lowest BCUT2D eigenvalue weighted by Crippen LogP contribution is -2.37. The molecule has 0 bridgehead atoms. The molecule has 0 aliphatic carbocycles. The number of hydrogen-bond donors (Lipinski definition) is 0. The van der Waals surface area contributed by atoms with Crippen LogP contribution in [-0.2, 0) is 21.2 Å².